The molecule has 0 radical (unpaired) electrons. The van der Waals surface area contributed by atoms with Crippen molar-refractivity contribution >= 4 is 17.7 Å². The normalized spacial score (nSPS) is 10.7. The van der Waals surface area contributed by atoms with E-state index in [0.717, 1.165) is 5.56 Å². The Labute approximate surface area is 153 Å². The maximum atomic E-state index is 13.9. The van der Waals surface area contributed by atoms with Gasteiger partial charge in [0.15, 0.2) is 11.0 Å². The topological polar surface area (TPSA) is 59.8 Å². The highest BCUT2D eigenvalue weighted by atomic mass is 32.2. The summed E-state index contributed by atoms with van der Waals surface area (Å²) in [6, 6.07) is 12.3. The van der Waals surface area contributed by atoms with Crippen LogP contribution in [-0.2, 0) is 18.4 Å². The fourth-order valence-corrected chi connectivity index (χ4v) is 3.04. The van der Waals surface area contributed by atoms with Crippen molar-refractivity contribution in [3.05, 3.63) is 65.7 Å². The summed E-state index contributed by atoms with van der Waals surface area (Å²) >= 11 is 1.21. The molecule has 0 bridgehead atoms. The third-order valence-corrected chi connectivity index (χ3v) is 4.71. The molecule has 0 saturated carbocycles. The van der Waals surface area contributed by atoms with Crippen molar-refractivity contribution in [2.24, 2.45) is 7.05 Å². The summed E-state index contributed by atoms with van der Waals surface area (Å²) < 4.78 is 28.4. The fourth-order valence-electron chi connectivity index (χ4n) is 2.30. The van der Waals surface area contributed by atoms with E-state index < -0.39 is 0 Å². The van der Waals surface area contributed by atoms with E-state index in [1.807, 2.05) is 0 Å². The van der Waals surface area contributed by atoms with Gasteiger partial charge in [-0.15, -0.1) is 10.2 Å². The SMILES string of the molecule is Cn1c(SCC(=O)NCc2ccc(F)cc2)nnc1-c1ccccc1F. The first-order chi connectivity index (χ1) is 12.5. The van der Waals surface area contributed by atoms with E-state index >= 15 is 0 Å². The fraction of sp³-hybridized carbons (Fsp3) is 0.167. The first kappa shape index (κ1) is 18.1. The lowest BCUT2D eigenvalue weighted by molar-refractivity contribution is -0.118. The number of hydrogen-bond donors (Lipinski definition) is 1. The van der Waals surface area contributed by atoms with Crippen molar-refractivity contribution in [2.75, 3.05) is 5.75 Å². The number of amides is 1. The van der Waals surface area contributed by atoms with Gasteiger partial charge < -0.3 is 9.88 Å². The summed E-state index contributed by atoms with van der Waals surface area (Å²) in [5, 5.41) is 11.3. The van der Waals surface area contributed by atoms with Crippen LogP contribution in [0.5, 0.6) is 0 Å². The van der Waals surface area contributed by atoms with Gasteiger partial charge in [0.2, 0.25) is 5.91 Å². The molecule has 8 heteroatoms. The molecule has 3 rings (SSSR count). The summed E-state index contributed by atoms with van der Waals surface area (Å²) in [5.74, 6) is -0.336. The maximum Gasteiger partial charge on any atom is 0.230 e. The quantitative estimate of drug-likeness (QED) is 0.674. The molecule has 0 aliphatic rings. The average molecular weight is 374 g/mol. The molecule has 0 saturated heterocycles. The van der Waals surface area contributed by atoms with E-state index in [9.17, 15) is 13.6 Å². The molecule has 0 atom stereocenters. The molecule has 1 N–H and O–H groups in total. The summed E-state index contributed by atoms with van der Waals surface area (Å²) in [4.78, 5) is 12.0. The predicted molar refractivity (Wildman–Crippen MR) is 95.4 cm³/mol. The number of carbonyl (C=O) groups is 1. The second kappa shape index (κ2) is 8.09. The molecular formula is C18H16F2N4OS. The largest absolute Gasteiger partial charge is 0.351 e. The first-order valence-corrected chi connectivity index (χ1v) is 8.81. The smallest absolute Gasteiger partial charge is 0.230 e. The number of aromatic nitrogens is 3. The Kier molecular flexibility index (Phi) is 5.62. The number of halogens is 2. The van der Waals surface area contributed by atoms with Crippen LogP contribution in [0.3, 0.4) is 0 Å². The van der Waals surface area contributed by atoms with Crippen LogP contribution in [0.1, 0.15) is 5.56 Å². The predicted octanol–water partition coefficient (Wildman–Crippen LogP) is 3.17. The van der Waals surface area contributed by atoms with E-state index in [-0.39, 0.29) is 23.3 Å². The van der Waals surface area contributed by atoms with Gasteiger partial charge in [-0.1, -0.05) is 36.0 Å². The number of nitrogens with one attached hydrogen (secondary N) is 1. The van der Waals surface area contributed by atoms with Crippen LogP contribution in [0.25, 0.3) is 11.4 Å². The molecule has 0 unspecified atom stereocenters. The molecule has 3 aromatic rings. The lowest BCUT2D eigenvalue weighted by atomic mass is 10.2. The zero-order valence-corrected chi connectivity index (χ0v) is 14.8. The van der Waals surface area contributed by atoms with Crippen molar-refractivity contribution in [1.82, 2.24) is 20.1 Å². The van der Waals surface area contributed by atoms with Crippen LogP contribution in [0, 0.1) is 11.6 Å². The first-order valence-electron chi connectivity index (χ1n) is 7.83. The van der Waals surface area contributed by atoms with Gasteiger partial charge in [-0.25, -0.2) is 8.78 Å². The van der Waals surface area contributed by atoms with E-state index in [1.54, 1.807) is 41.9 Å². The average Bonchev–Trinajstić information content (AvgIpc) is 3.00. The summed E-state index contributed by atoms with van der Waals surface area (Å²) in [6.07, 6.45) is 0. The van der Waals surface area contributed by atoms with E-state index in [1.165, 1.54) is 30.0 Å². The Morgan fingerprint density at radius 3 is 2.58 bits per heavy atom. The minimum atomic E-state index is -0.378. The minimum absolute atomic E-state index is 0.143. The van der Waals surface area contributed by atoms with Gasteiger partial charge in [0, 0.05) is 13.6 Å². The molecule has 1 heterocycles. The molecule has 26 heavy (non-hydrogen) atoms. The van der Waals surface area contributed by atoms with Crippen molar-refractivity contribution in [3.63, 3.8) is 0 Å². The lowest BCUT2D eigenvalue weighted by Crippen LogP contribution is -2.24. The zero-order chi connectivity index (χ0) is 18.5. The lowest BCUT2D eigenvalue weighted by Gasteiger charge is -2.06. The molecule has 1 aromatic heterocycles. The molecule has 0 spiro atoms. The van der Waals surface area contributed by atoms with Gasteiger partial charge in [-0.2, -0.15) is 0 Å². The number of thioether (sulfide) groups is 1. The van der Waals surface area contributed by atoms with Crippen LogP contribution in [0.2, 0.25) is 0 Å². The van der Waals surface area contributed by atoms with Crippen molar-refractivity contribution in [3.8, 4) is 11.4 Å². The highest BCUT2D eigenvalue weighted by Crippen LogP contribution is 2.24. The molecule has 0 fully saturated rings. The zero-order valence-electron chi connectivity index (χ0n) is 13.9. The highest BCUT2D eigenvalue weighted by Gasteiger charge is 2.15. The third kappa shape index (κ3) is 4.26. The molecule has 2 aromatic carbocycles. The molecule has 1 amide bonds. The summed E-state index contributed by atoms with van der Waals surface area (Å²) in [6.45, 7) is 0.318. The Bertz CT molecular complexity index is 912. The van der Waals surface area contributed by atoms with Gasteiger partial charge in [0.25, 0.3) is 0 Å². The van der Waals surface area contributed by atoms with Gasteiger partial charge in [0.05, 0.1) is 11.3 Å². The minimum Gasteiger partial charge on any atom is -0.351 e. The molecular weight excluding hydrogens is 358 g/mol. The van der Waals surface area contributed by atoms with Crippen molar-refractivity contribution in [2.45, 2.75) is 11.7 Å². The van der Waals surface area contributed by atoms with Crippen LogP contribution in [0.4, 0.5) is 8.78 Å². The second-order valence-corrected chi connectivity index (χ2v) is 6.48. The molecule has 0 aliphatic heterocycles. The number of hydrogen-bond acceptors (Lipinski definition) is 4. The molecule has 5 nitrogen and oxygen atoms in total. The number of nitrogens with zero attached hydrogens (tertiary/aromatic N) is 3. The van der Waals surface area contributed by atoms with E-state index in [2.05, 4.69) is 15.5 Å². The molecule has 0 aliphatic carbocycles. The number of carbonyl (C=O) groups excluding carboxylic acids is 1. The van der Waals surface area contributed by atoms with Crippen LogP contribution < -0.4 is 5.32 Å². The van der Waals surface area contributed by atoms with Crippen molar-refractivity contribution in [1.29, 1.82) is 0 Å². The maximum absolute atomic E-state index is 13.9. The van der Waals surface area contributed by atoms with Gasteiger partial charge in [0.1, 0.15) is 11.6 Å². The molecule has 134 valence electrons. The number of rotatable bonds is 6. The Balaban J connectivity index is 1.57. The monoisotopic (exact) mass is 374 g/mol. The van der Waals surface area contributed by atoms with Crippen LogP contribution >= 0.6 is 11.8 Å². The van der Waals surface area contributed by atoms with Gasteiger partial charge >= 0.3 is 0 Å². The van der Waals surface area contributed by atoms with E-state index in [4.69, 9.17) is 0 Å². The Hall–Kier alpha value is -2.74. The Morgan fingerprint density at radius 1 is 1.12 bits per heavy atom. The van der Waals surface area contributed by atoms with E-state index in [0.29, 0.717) is 23.1 Å². The van der Waals surface area contributed by atoms with Crippen LogP contribution in [-0.4, -0.2) is 26.4 Å². The summed E-state index contributed by atoms with van der Waals surface area (Å²) in [5.41, 5.74) is 1.17. The standard InChI is InChI=1S/C18H16F2N4OS/c1-24-17(14-4-2-3-5-15(14)20)22-23-18(24)26-11-16(25)21-10-12-6-8-13(19)9-7-12/h2-9H,10-11H2,1H3,(H,21,25). The summed E-state index contributed by atoms with van der Waals surface area (Å²) in [7, 11) is 1.72. The number of benzene rings is 2. The Morgan fingerprint density at radius 2 is 1.85 bits per heavy atom. The third-order valence-electron chi connectivity index (χ3n) is 3.68. The van der Waals surface area contributed by atoms with Crippen molar-refractivity contribution < 1.29 is 13.6 Å². The van der Waals surface area contributed by atoms with Gasteiger partial charge in [-0.3, -0.25) is 4.79 Å². The second-order valence-electron chi connectivity index (χ2n) is 5.54. The highest BCUT2D eigenvalue weighted by molar-refractivity contribution is 7.99. The van der Waals surface area contributed by atoms with Gasteiger partial charge in [-0.05, 0) is 29.8 Å². The van der Waals surface area contributed by atoms with Crippen LogP contribution in [0.15, 0.2) is 53.7 Å².